The second-order valence-electron chi connectivity index (χ2n) is 14.6. The fourth-order valence-corrected chi connectivity index (χ4v) is 7.27. The molecule has 3 aromatic carbocycles. The molecule has 1 unspecified atom stereocenters. The molecule has 2 aliphatic rings. The molecule has 1 aliphatic carbocycles. The van der Waals surface area contributed by atoms with E-state index in [-0.39, 0.29) is 42.6 Å². The van der Waals surface area contributed by atoms with Gasteiger partial charge in [-0.2, -0.15) is 0 Å². The normalized spacial score (nSPS) is 15.5. The number of nitrogens with one attached hydrogen (secondary N) is 1. The van der Waals surface area contributed by atoms with Gasteiger partial charge in [0.25, 0.3) is 0 Å². The van der Waals surface area contributed by atoms with E-state index in [0.29, 0.717) is 12.8 Å². The smallest absolute Gasteiger partial charge is 0.306 e. The number of hydrogen-bond acceptors (Lipinski definition) is 5. The zero-order chi connectivity index (χ0) is 34.1. The van der Waals surface area contributed by atoms with E-state index in [9.17, 15) is 14.4 Å². The average molecular weight is 654 g/mol. The lowest BCUT2D eigenvalue weighted by atomic mass is 9.84. The van der Waals surface area contributed by atoms with E-state index in [1.807, 2.05) is 48.5 Å². The van der Waals surface area contributed by atoms with E-state index >= 15 is 0 Å². The molecule has 0 radical (unpaired) electrons. The molecule has 256 valence electrons. The molecule has 7 heteroatoms. The quantitative estimate of drug-likeness (QED) is 0.168. The van der Waals surface area contributed by atoms with Gasteiger partial charge < -0.3 is 19.9 Å². The van der Waals surface area contributed by atoms with Crippen LogP contribution in [-0.2, 0) is 31.0 Å². The topological polar surface area (TPSA) is 102 Å². The number of carbonyl (C=O) groups is 3. The highest BCUT2D eigenvalue weighted by Crippen LogP contribution is 2.45. The number of fused-ring (bicyclic) bond motifs is 2. The highest BCUT2D eigenvalue weighted by atomic mass is 16.5. The van der Waals surface area contributed by atoms with Gasteiger partial charge in [0.15, 0.2) is 0 Å². The zero-order valence-corrected chi connectivity index (χ0v) is 28.8. The van der Waals surface area contributed by atoms with Gasteiger partial charge in [0.05, 0.1) is 12.8 Å². The number of para-hydroxylation sites is 2. The molecule has 0 bridgehead atoms. The molecule has 0 aromatic heterocycles. The van der Waals surface area contributed by atoms with Crippen molar-refractivity contribution in [1.82, 2.24) is 0 Å². The summed E-state index contributed by atoms with van der Waals surface area (Å²) in [6, 6.07) is 22.1. The second kappa shape index (κ2) is 16.3. The van der Waals surface area contributed by atoms with Gasteiger partial charge in [-0.25, -0.2) is 0 Å². The number of aliphatic carboxylic acids is 1. The Bertz CT molecular complexity index is 1520. The van der Waals surface area contributed by atoms with Gasteiger partial charge in [-0.3, -0.25) is 14.4 Å². The highest BCUT2D eigenvalue weighted by molar-refractivity contribution is 5.93. The van der Waals surface area contributed by atoms with Crippen molar-refractivity contribution in [3.8, 4) is 11.5 Å². The first-order chi connectivity index (χ1) is 23.1. The Kier molecular flexibility index (Phi) is 12.0. The molecule has 1 aliphatic heterocycles. The number of ether oxygens (including phenoxy) is 2. The van der Waals surface area contributed by atoms with E-state index in [0.717, 1.165) is 64.6 Å². The first-order valence-electron chi connectivity index (χ1n) is 17.8. The molecule has 1 fully saturated rings. The number of anilines is 1. The predicted molar refractivity (Wildman–Crippen MR) is 189 cm³/mol. The van der Waals surface area contributed by atoms with E-state index in [2.05, 4.69) is 44.3 Å². The summed E-state index contributed by atoms with van der Waals surface area (Å²) < 4.78 is 12.0. The molecule has 5 rings (SSSR count). The number of rotatable bonds is 14. The molecule has 7 nitrogen and oxygen atoms in total. The Labute approximate surface area is 285 Å². The lowest BCUT2D eigenvalue weighted by molar-refractivity contribution is -0.152. The van der Waals surface area contributed by atoms with Crippen LogP contribution in [0.15, 0.2) is 66.7 Å². The van der Waals surface area contributed by atoms with Crippen molar-refractivity contribution in [3.05, 3.63) is 89.0 Å². The first-order valence-corrected chi connectivity index (χ1v) is 17.8. The highest BCUT2D eigenvalue weighted by Gasteiger charge is 2.29. The summed E-state index contributed by atoms with van der Waals surface area (Å²) >= 11 is 0. The summed E-state index contributed by atoms with van der Waals surface area (Å²) in [4.78, 5) is 37.4. The van der Waals surface area contributed by atoms with Gasteiger partial charge in [-0.1, -0.05) is 108 Å². The number of hydrogen-bond donors (Lipinski definition) is 2. The van der Waals surface area contributed by atoms with E-state index in [1.54, 1.807) is 0 Å². The van der Waals surface area contributed by atoms with Crippen LogP contribution in [0.25, 0.3) is 0 Å². The van der Waals surface area contributed by atoms with Crippen LogP contribution in [0.1, 0.15) is 126 Å². The number of aryl methyl sites for hydroxylation is 1. The maximum absolute atomic E-state index is 13.8. The van der Waals surface area contributed by atoms with Crippen molar-refractivity contribution in [2.75, 3.05) is 5.32 Å². The van der Waals surface area contributed by atoms with Crippen LogP contribution < -0.4 is 10.1 Å². The van der Waals surface area contributed by atoms with Gasteiger partial charge in [-0.15, -0.1) is 0 Å². The van der Waals surface area contributed by atoms with Crippen molar-refractivity contribution >= 4 is 23.5 Å². The Hall–Kier alpha value is -4.13. The van der Waals surface area contributed by atoms with Crippen LogP contribution >= 0.6 is 0 Å². The van der Waals surface area contributed by atoms with Crippen LogP contribution in [0, 0.1) is 5.92 Å². The van der Waals surface area contributed by atoms with Crippen LogP contribution in [0.3, 0.4) is 0 Å². The van der Waals surface area contributed by atoms with Crippen LogP contribution in [0.2, 0.25) is 0 Å². The lowest BCUT2D eigenvalue weighted by Crippen LogP contribution is -2.22. The van der Waals surface area contributed by atoms with Gasteiger partial charge >= 0.3 is 11.9 Å². The van der Waals surface area contributed by atoms with Crippen molar-refractivity contribution < 1.29 is 29.0 Å². The SMILES string of the molecule is CC(C)(C)c1ccc(CCC(CCCC2CCCCC2)OC(=O)CCC(=O)O)cc1NC(=O)CC1c2ccccc2Oc2ccccc21. The molecule has 1 amide bonds. The summed E-state index contributed by atoms with van der Waals surface area (Å²) in [5.41, 5.74) is 4.72. The van der Waals surface area contributed by atoms with Crippen molar-refractivity contribution in [1.29, 1.82) is 0 Å². The number of benzene rings is 3. The molecule has 2 N–H and O–H groups in total. The third-order valence-electron chi connectivity index (χ3n) is 9.82. The minimum atomic E-state index is -1.00. The summed E-state index contributed by atoms with van der Waals surface area (Å²) in [7, 11) is 0. The summed E-state index contributed by atoms with van der Waals surface area (Å²) in [6.45, 7) is 6.42. The predicted octanol–water partition coefficient (Wildman–Crippen LogP) is 9.71. The Morgan fingerprint density at radius 2 is 1.56 bits per heavy atom. The summed E-state index contributed by atoms with van der Waals surface area (Å²) in [6.07, 6.45) is 10.4. The number of carboxylic acids is 1. The Morgan fingerprint density at radius 1 is 0.896 bits per heavy atom. The van der Waals surface area contributed by atoms with Gasteiger partial charge in [0.1, 0.15) is 17.6 Å². The lowest BCUT2D eigenvalue weighted by Gasteiger charge is -2.28. The van der Waals surface area contributed by atoms with Gasteiger partial charge in [-0.05, 0) is 66.3 Å². The monoisotopic (exact) mass is 653 g/mol. The Balaban J connectivity index is 1.28. The molecule has 1 heterocycles. The van der Waals surface area contributed by atoms with Gasteiger partial charge in [0, 0.05) is 29.2 Å². The average Bonchev–Trinajstić information content (AvgIpc) is 3.06. The molecule has 1 atom stereocenters. The van der Waals surface area contributed by atoms with Crippen LogP contribution in [-0.4, -0.2) is 29.1 Å². The first kappa shape index (κ1) is 35.2. The second-order valence-corrected chi connectivity index (χ2v) is 14.6. The fourth-order valence-electron chi connectivity index (χ4n) is 7.27. The number of esters is 1. The largest absolute Gasteiger partial charge is 0.481 e. The van der Waals surface area contributed by atoms with E-state index in [4.69, 9.17) is 14.6 Å². The van der Waals surface area contributed by atoms with Crippen molar-refractivity contribution in [3.63, 3.8) is 0 Å². The van der Waals surface area contributed by atoms with E-state index in [1.165, 1.54) is 32.1 Å². The minimum absolute atomic E-state index is 0.0675. The number of carbonyl (C=O) groups excluding carboxylic acids is 2. The van der Waals surface area contributed by atoms with Crippen LogP contribution in [0.5, 0.6) is 11.5 Å². The third-order valence-corrected chi connectivity index (χ3v) is 9.82. The molecule has 0 spiro atoms. The number of carboxylic acid groups (broad SMARTS) is 1. The van der Waals surface area contributed by atoms with Gasteiger partial charge in [0.2, 0.25) is 5.91 Å². The minimum Gasteiger partial charge on any atom is -0.481 e. The summed E-state index contributed by atoms with van der Waals surface area (Å²) in [5.74, 6) is 0.666. The van der Waals surface area contributed by atoms with Crippen LogP contribution in [0.4, 0.5) is 5.69 Å². The van der Waals surface area contributed by atoms with Crippen molar-refractivity contribution in [2.24, 2.45) is 5.92 Å². The molecule has 48 heavy (non-hydrogen) atoms. The fraction of sp³-hybridized carbons (Fsp3) is 0.488. The van der Waals surface area contributed by atoms with Crippen molar-refractivity contribution in [2.45, 2.75) is 122 Å². The third kappa shape index (κ3) is 9.71. The maximum Gasteiger partial charge on any atom is 0.306 e. The molecule has 0 saturated heterocycles. The maximum atomic E-state index is 13.8. The molecule has 3 aromatic rings. The summed E-state index contributed by atoms with van der Waals surface area (Å²) in [5, 5.41) is 12.3. The van der Waals surface area contributed by atoms with E-state index < -0.39 is 11.9 Å². The standard InChI is InChI=1S/C41H51NO6/c1-41(2,3)34-23-21-29(20-22-30(47-40(46)25-24-39(44)45)15-11-14-28-12-5-4-6-13-28)26-35(34)42-38(43)27-33-31-16-7-9-18-36(31)48-37-19-10-8-17-32(33)37/h7-10,16-19,21,23,26,28,30,33H,4-6,11-15,20,22,24-25,27H2,1-3H3,(H,42,43)(H,44,45). The molecule has 1 saturated carbocycles. The number of amides is 1. The molecular weight excluding hydrogens is 602 g/mol. The Morgan fingerprint density at radius 3 is 2.21 bits per heavy atom. The molecular formula is C41H51NO6. The zero-order valence-electron chi connectivity index (χ0n) is 28.8.